The van der Waals surface area contributed by atoms with Crippen LogP contribution in [0.5, 0.6) is 0 Å². The van der Waals surface area contributed by atoms with Crippen LogP contribution < -0.4 is 5.32 Å². The minimum absolute atomic E-state index is 0.284. The van der Waals surface area contributed by atoms with Gasteiger partial charge in [-0.3, -0.25) is 0 Å². The molecule has 2 aromatic rings. The van der Waals surface area contributed by atoms with Gasteiger partial charge >= 0.3 is 0 Å². The van der Waals surface area contributed by atoms with Crippen LogP contribution in [0.1, 0.15) is 23.4 Å². The van der Waals surface area contributed by atoms with Gasteiger partial charge in [0.2, 0.25) is 0 Å². The molecule has 1 heterocycles. The first kappa shape index (κ1) is 15.5. The molecule has 0 bridgehead atoms. The first-order valence-electron chi connectivity index (χ1n) is 6.02. The highest BCUT2D eigenvalue weighted by Crippen LogP contribution is 2.31. The van der Waals surface area contributed by atoms with Crippen molar-refractivity contribution in [2.75, 3.05) is 6.54 Å². The molecule has 1 nitrogen and oxygen atoms in total. The fraction of sp³-hybridized carbons (Fsp3) is 0.286. The van der Waals surface area contributed by atoms with E-state index >= 15 is 0 Å². The van der Waals surface area contributed by atoms with Crippen molar-refractivity contribution in [2.24, 2.45) is 0 Å². The lowest BCUT2D eigenvalue weighted by Gasteiger charge is -2.19. The quantitative estimate of drug-likeness (QED) is 0.639. The number of halogens is 3. The predicted molar refractivity (Wildman–Crippen MR) is 91.3 cm³/mol. The average Bonchev–Trinajstić information content (AvgIpc) is 2.77. The zero-order valence-electron chi connectivity index (χ0n) is 10.4. The average molecular weight is 424 g/mol. The first-order valence-corrected chi connectivity index (χ1v) is 8.80. The summed E-state index contributed by atoms with van der Waals surface area (Å²) < 4.78 is 3.07. The molecule has 0 aliphatic carbocycles. The Hall–Kier alpha value is 0.130. The molecule has 1 N–H and O–H groups in total. The molecule has 1 atom stereocenters. The summed E-state index contributed by atoms with van der Waals surface area (Å²) in [6.07, 6.45) is 0.945. The van der Waals surface area contributed by atoms with Gasteiger partial charge in [0.05, 0.1) is 4.34 Å². The molecule has 0 fully saturated rings. The summed E-state index contributed by atoms with van der Waals surface area (Å²) in [5.74, 6) is 0. The van der Waals surface area contributed by atoms with Crippen LogP contribution in [0.2, 0.25) is 4.34 Å². The van der Waals surface area contributed by atoms with Gasteiger partial charge in [0.15, 0.2) is 0 Å². The SMILES string of the molecule is CCNC(Cc1ccc(Cl)s1)c1cc(Br)ccc1Br. The smallest absolute Gasteiger partial charge is 0.0931 e. The van der Waals surface area contributed by atoms with Crippen molar-refractivity contribution in [3.05, 3.63) is 54.1 Å². The lowest BCUT2D eigenvalue weighted by Crippen LogP contribution is -2.23. The molecule has 102 valence electrons. The molecular weight excluding hydrogens is 409 g/mol. The van der Waals surface area contributed by atoms with Crippen LogP contribution in [-0.4, -0.2) is 6.54 Å². The largest absolute Gasteiger partial charge is 0.310 e. The van der Waals surface area contributed by atoms with Crippen LogP contribution in [0.4, 0.5) is 0 Å². The normalized spacial score (nSPS) is 12.6. The molecule has 0 aliphatic rings. The van der Waals surface area contributed by atoms with Crippen LogP contribution in [0.3, 0.4) is 0 Å². The summed E-state index contributed by atoms with van der Waals surface area (Å²) in [4.78, 5) is 1.29. The zero-order chi connectivity index (χ0) is 13.8. The summed E-state index contributed by atoms with van der Waals surface area (Å²) in [6.45, 7) is 3.06. The van der Waals surface area contributed by atoms with Crippen molar-refractivity contribution >= 4 is 54.8 Å². The second kappa shape index (κ2) is 7.23. The van der Waals surface area contributed by atoms with Crippen molar-refractivity contribution in [3.63, 3.8) is 0 Å². The molecule has 0 spiro atoms. The lowest BCUT2D eigenvalue weighted by atomic mass is 10.0. The zero-order valence-corrected chi connectivity index (χ0v) is 15.2. The maximum absolute atomic E-state index is 6.00. The second-order valence-electron chi connectivity index (χ2n) is 4.19. The molecule has 5 heteroatoms. The second-order valence-corrected chi connectivity index (χ2v) is 7.76. The molecule has 0 amide bonds. The number of rotatable bonds is 5. The van der Waals surface area contributed by atoms with Gasteiger partial charge in [-0.05, 0) is 42.4 Å². The minimum Gasteiger partial charge on any atom is -0.310 e. The maximum Gasteiger partial charge on any atom is 0.0931 e. The molecule has 1 unspecified atom stereocenters. The van der Waals surface area contributed by atoms with E-state index in [-0.39, 0.29) is 6.04 Å². The van der Waals surface area contributed by atoms with Gasteiger partial charge < -0.3 is 5.32 Å². The molecule has 0 saturated heterocycles. The Morgan fingerprint density at radius 1 is 1.26 bits per heavy atom. The van der Waals surface area contributed by atoms with Crippen molar-refractivity contribution < 1.29 is 0 Å². The molecule has 1 aromatic heterocycles. The molecule has 2 rings (SSSR count). The third-order valence-electron chi connectivity index (χ3n) is 2.82. The first-order chi connectivity index (χ1) is 9.10. The van der Waals surface area contributed by atoms with E-state index in [4.69, 9.17) is 11.6 Å². The summed E-state index contributed by atoms with van der Waals surface area (Å²) in [7, 11) is 0. The number of hydrogen-bond acceptors (Lipinski definition) is 2. The van der Waals surface area contributed by atoms with E-state index in [1.165, 1.54) is 10.4 Å². The third kappa shape index (κ3) is 4.30. The van der Waals surface area contributed by atoms with Crippen molar-refractivity contribution in [1.29, 1.82) is 0 Å². The van der Waals surface area contributed by atoms with Crippen molar-refractivity contribution in [3.8, 4) is 0 Å². The molecular formula is C14H14Br2ClNS. The van der Waals surface area contributed by atoms with Crippen LogP contribution in [0.25, 0.3) is 0 Å². The summed E-state index contributed by atoms with van der Waals surface area (Å²) >= 11 is 14.8. The summed E-state index contributed by atoms with van der Waals surface area (Å²) in [6, 6.07) is 10.6. The van der Waals surface area contributed by atoms with Crippen LogP contribution in [0.15, 0.2) is 39.3 Å². The number of nitrogens with one attached hydrogen (secondary N) is 1. The molecule has 0 radical (unpaired) electrons. The maximum atomic E-state index is 6.00. The van der Waals surface area contributed by atoms with Crippen LogP contribution in [0, 0.1) is 0 Å². The highest BCUT2D eigenvalue weighted by molar-refractivity contribution is 9.11. The van der Waals surface area contributed by atoms with E-state index in [0.29, 0.717) is 0 Å². The topological polar surface area (TPSA) is 12.0 Å². The minimum atomic E-state index is 0.284. The Morgan fingerprint density at radius 3 is 2.68 bits per heavy atom. The third-order valence-corrected chi connectivity index (χ3v) is 5.29. The van der Waals surface area contributed by atoms with Gasteiger partial charge in [-0.15, -0.1) is 11.3 Å². The number of hydrogen-bond donors (Lipinski definition) is 1. The Morgan fingerprint density at radius 2 is 2.05 bits per heavy atom. The fourth-order valence-electron chi connectivity index (χ4n) is 1.98. The number of likely N-dealkylation sites (N-methyl/N-ethyl adjacent to an activating group) is 1. The van der Waals surface area contributed by atoms with E-state index in [2.05, 4.69) is 62.3 Å². The van der Waals surface area contributed by atoms with Gasteiger partial charge in [-0.1, -0.05) is 50.4 Å². The molecule has 1 aromatic carbocycles. The standard InChI is InChI=1S/C14H14Br2ClNS/c1-2-18-13(8-10-4-6-14(17)19-10)11-7-9(15)3-5-12(11)16/h3-7,13,18H,2,8H2,1H3. The van der Waals surface area contributed by atoms with E-state index in [1.807, 2.05) is 12.1 Å². The van der Waals surface area contributed by atoms with Crippen molar-refractivity contribution in [2.45, 2.75) is 19.4 Å². The number of thiophene rings is 1. The highest BCUT2D eigenvalue weighted by Gasteiger charge is 2.15. The fourth-order valence-corrected chi connectivity index (χ4v) is 4.02. The lowest BCUT2D eigenvalue weighted by molar-refractivity contribution is 0.551. The monoisotopic (exact) mass is 421 g/mol. The Bertz CT molecular complexity index is 556. The Kier molecular flexibility index (Phi) is 5.90. The Balaban J connectivity index is 2.26. The van der Waals surface area contributed by atoms with Crippen LogP contribution in [-0.2, 0) is 6.42 Å². The summed E-state index contributed by atoms with van der Waals surface area (Å²) in [5.41, 5.74) is 1.26. The summed E-state index contributed by atoms with van der Waals surface area (Å²) in [5, 5.41) is 3.54. The van der Waals surface area contributed by atoms with Gasteiger partial charge in [0, 0.05) is 26.3 Å². The highest BCUT2D eigenvalue weighted by atomic mass is 79.9. The van der Waals surface area contributed by atoms with E-state index in [9.17, 15) is 0 Å². The van der Waals surface area contributed by atoms with E-state index in [1.54, 1.807) is 11.3 Å². The Labute approximate surface area is 139 Å². The number of benzene rings is 1. The van der Waals surface area contributed by atoms with Gasteiger partial charge in [0.1, 0.15) is 0 Å². The molecule has 0 aliphatic heterocycles. The van der Waals surface area contributed by atoms with Gasteiger partial charge in [-0.2, -0.15) is 0 Å². The van der Waals surface area contributed by atoms with Crippen molar-refractivity contribution in [1.82, 2.24) is 5.32 Å². The van der Waals surface area contributed by atoms with Crippen LogP contribution >= 0.6 is 54.8 Å². The molecule has 0 saturated carbocycles. The molecule has 19 heavy (non-hydrogen) atoms. The van der Waals surface area contributed by atoms with Gasteiger partial charge in [-0.25, -0.2) is 0 Å². The van der Waals surface area contributed by atoms with E-state index < -0.39 is 0 Å². The van der Waals surface area contributed by atoms with E-state index in [0.717, 1.165) is 26.2 Å². The predicted octanol–water partition coefficient (Wildman–Crippen LogP) is 5.82. The van der Waals surface area contributed by atoms with Gasteiger partial charge in [0.25, 0.3) is 0 Å².